The largest absolute Gasteiger partial charge is 0.366 e. The first-order chi connectivity index (χ1) is 10.5. The predicted octanol–water partition coefficient (Wildman–Crippen LogP) is 1.71. The second kappa shape index (κ2) is 7.40. The molecule has 0 unspecified atom stereocenters. The molecule has 2 aliphatic rings. The lowest BCUT2D eigenvalue weighted by atomic mass is 9.89. The standard InChI is InChI=1S/C16H27N3O2S/c1-3-16(17-13(2)22)8-4-5-11-19(15(16)21)12-14(20)18-9-6-7-10-18/h3-12H2,1-2H3,(H,17,22)/t16-/m0/s1. The van der Waals surface area contributed by atoms with Gasteiger partial charge in [0.05, 0.1) is 11.5 Å². The van der Waals surface area contributed by atoms with Gasteiger partial charge in [0.15, 0.2) is 0 Å². The fourth-order valence-corrected chi connectivity index (χ4v) is 3.69. The summed E-state index contributed by atoms with van der Waals surface area (Å²) in [6.45, 7) is 6.35. The van der Waals surface area contributed by atoms with Crippen molar-refractivity contribution in [3.05, 3.63) is 0 Å². The molecular weight excluding hydrogens is 298 g/mol. The number of carbonyl (C=O) groups excluding carboxylic acids is 2. The quantitative estimate of drug-likeness (QED) is 0.800. The molecule has 124 valence electrons. The molecule has 0 aliphatic carbocycles. The van der Waals surface area contributed by atoms with Gasteiger partial charge in [-0.3, -0.25) is 9.59 Å². The van der Waals surface area contributed by atoms with Crippen molar-refractivity contribution in [3.63, 3.8) is 0 Å². The monoisotopic (exact) mass is 325 g/mol. The highest BCUT2D eigenvalue weighted by atomic mass is 32.1. The van der Waals surface area contributed by atoms with Crippen LogP contribution < -0.4 is 5.32 Å². The van der Waals surface area contributed by atoms with Crippen molar-refractivity contribution in [2.75, 3.05) is 26.2 Å². The van der Waals surface area contributed by atoms with E-state index >= 15 is 0 Å². The van der Waals surface area contributed by atoms with E-state index in [0.717, 1.165) is 45.2 Å². The van der Waals surface area contributed by atoms with E-state index in [1.165, 1.54) is 0 Å². The minimum Gasteiger partial charge on any atom is -0.366 e. The van der Waals surface area contributed by atoms with Crippen molar-refractivity contribution in [2.45, 2.75) is 57.9 Å². The van der Waals surface area contributed by atoms with E-state index in [1.807, 2.05) is 18.7 Å². The second-order valence-corrected chi connectivity index (χ2v) is 7.00. The maximum atomic E-state index is 13.0. The average molecular weight is 325 g/mol. The van der Waals surface area contributed by atoms with E-state index < -0.39 is 5.54 Å². The lowest BCUT2D eigenvalue weighted by Crippen LogP contribution is -2.59. The summed E-state index contributed by atoms with van der Waals surface area (Å²) in [7, 11) is 0. The number of thiocarbonyl (C=S) groups is 1. The zero-order chi connectivity index (χ0) is 16.2. The Morgan fingerprint density at radius 2 is 1.86 bits per heavy atom. The molecule has 2 saturated heterocycles. The lowest BCUT2D eigenvalue weighted by molar-refractivity contribution is -0.143. The maximum absolute atomic E-state index is 13.0. The van der Waals surface area contributed by atoms with Gasteiger partial charge in [-0.1, -0.05) is 19.1 Å². The van der Waals surface area contributed by atoms with Gasteiger partial charge >= 0.3 is 0 Å². The first-order valence-corrected chi connectivity index (χ1v) is 8.75. The third-order valence-corrected chi connectivity index (χ3v) is 4.88. The molecule has 2 fully saturated rings. The van der Waals surface area contributed by atoms with Gasteiger partial charge in [-0.25, -0.2) is 0 Å². The number of carbonyl (C=O) groups is 2. The number of nitrogens with zero attached hydrogens (tertiary/aromatic N) is 2. The van der Waals surface area contributed by atoms with Crippen LogP contribution in [0.15, 0.2) is 0 Å². The molecular formula is C16H27N3O2S. The molecule has 0 saturated carbocycles. The van der Waals surface area contributed by atoms with Crippen molar-refractivity contribution >= 4 is 29.0 Å². The summed E-state index contributed by atoms with van der Waals surface area (Å²) in [4.78, 5) is 29.7. The summed E-state index contributed by atoms with van der Waals surface area (Å²) in [5.41, 5.74) is -0.631. The molecule has 0 radical (unpaired) electrons. The second-order valence-electron chi connectivity index (χ2n) is 6.39. The third kappa shape index (κ3) is 3.77. The van der Waals surface area contributed by atoms with Crippen LogP contribution in [0.2, 0.25) is 0 Å². The Hall–Kier alpha value is -1.17. The summed E-state index contributed by atoms with van der Waals surface area (Å²) in [6, 6.07) is 0. The predicted molar refractivity (Wildman–Crippen MR) is 90.7 cm³/mol. The Bertz CT molecular complexity index is 449. The van der Waals surface area contributed by atoms with Crippen LogP contribution in [-0.4, -0.2) is 58.3 Å². The average Bonchev–Trinajstić information content (AvgIpc) is 2.97. The van der Waals surface area contributed by atoms with E-state index in [2.05, 4.69) is 5.32 Å². The molecule has 0 spiro atoms. The molecule has 2 rings (SSSR count). The number of nitrogens with one attached hydrogen (secondary N) is 1. The molecule has 6 heteroatoms. The molecule has 1 N–H and O–H groups in total. The van der Waals surface area contributed by atoms with Crippen molar-refractivity contribution in [1.82, 2.24) is 15.1 Å². The number of rotatable bonds is 4. The smallest absolute Gasteiger partial charge is 0.248 e. The van der Waals surface area contributed by atoms with Crippen molar-refractivity contribution in [1.29, 1.82) is 0 Å². The van der Waals surface area contributed by atoms with Crippen molar-refractivity contribution in [3.8, 4) is 0 Å². The van der Waals surface area contributed by atoms with Gasteiger partial charge in [0.1, 0.15) is 5.54 Å². The highest BCUT2D eigenvalue weighted by molar-refractivity contribution is 7.80. The Morgan fingerprint density at radius 3 is 2.45 bits per heavy atom. The van der Waals surface area contributed by atoms with Crippen LogP contribution in [-0.2, 0) is 9.59 Å². The molecule has 2 amide bonds. The van der Waals surface area contributed by atoms with Gasteiger partial charge < -0.3 is 15.1 Å². The van der Waals surface area contributed by atoms with E-state index in [0.29, 0.717) is 18.0 Å². The molecule has 0 bridgehead atoms. The van der Waals surface area contributed by atoms with Gasteiger partial charge in [0, 0.05) is 19.6 Å². The van der Waals surface area contributed by atoms with Gasteiger partial charge in [0.25, 0.3) is 0 Å². The van der Waals surface area contributed by atoms with Gasteiger partial charge in [-0.15, -0.1) is 0 Å². The van der Waals surface area contributed by atoms with Gasteiger partial charge in [-0.2, -0.15) is 0 Å². The minimum atomic E-state index is -0.631. The fraction of sp³-hybridized carbons (Fsp3) is 0.812. The summed E-state index contributed by atoms with van der Waals surface area (Å²) >= 11 is 5.17. The van der Waals surface area contributed by atoms with Crippen molar-refractivity contribution in [2.24, 2.45) is 0 Å². The third-order valence-electron chi connectivity index (χ3n) is 4.78. The summed E-state index contributed by atoms with van der Waals surface area (Å²) < 4.78 is 0. The number of hydrogen-bond donors (Lipinski definition) is 1. The van der Waals surface area contributed by atoms with Crippen LogP contribution in [0.25, 0.3) is 0 Å². The van der Waals surface area contributed by atoms with E-state index in [9.17, 15) is 9.59 Å². The molecule has 1 atom stereocenters. The van der Waals surface area contributed by atoms with Crippen LogP contribution in [0.5, 0.6) is 0 Å². The summed E-state index contributed by atoms with van der Waals surface area (Å²) in [6.07, 6.45) is 5.54. The van der Waals surface area contributed by atoms with E-state index in [-0.39, 0.29) is 18.4 Å². The topological polar surface area (TPSA) is 52.7 Å². The lowest BCUT2D eigenvalue weighted by Gasteiger charge is -2.35. The van der Waals surface area contributed by atoms with E-state index in [1.54, 1.807) is 4.90 Å². The SMILES string of the molecule is CC[C@]1(NC(C)=S)CCCCN(CC(=O)N2CCCC2)C1=O. The van der Waals surface area contributed by atoms with Gasteiger partial charge in [0.2, 0.25) is 11.8 Å². The van der Waals surface area contributed by atoms with Crippen molar-refractivity contribution < 1.29 is 9.59 Å². The fourth-order valence-electron chi connectivity index (χ4n) is 3.49. The number of amides is 2. The molecule has 22 heavy (non-hydrogen) atoms. The Kier molecular flexibility index (Phi) is 5.78. The number of likely N-dealkylation sites (tertiary alicyclic amines) is 2. The molecule has 0 aromatic rings. The van der Waals surface area contributed by atoms with Crippen LogP contribution in [0.3, 0.4) is 0 Å². The maximum Gasteiger partial charge on any atom is 0.248 e. The van der Waals surface area contributed by atoms with Crippen LogP contribution >= 0.6 is 12.2 Å². The minimum absolute atomic E-state index is 0.0317. The summed E-state index contributed by atoms with van der Waals surface area (Å²) in [5.74, 6) is 0.112. The highest BCUT2D eigenvalue weighted by Gasteiger charge is 2.41. The first kappa shape index (κ1) is 17.2. The number of hydrogen-bond acceptors (Lipinski definition) is 3. The molecule has 2 heterocycles. The van der Waals surface area contributed by atoms with Crippen LogP contribution in [0.4, 0.5) is 0 Å². The molecule has 0 aromatic heterocycles. The Balaban J connectivity index is 2.10. The van der Waals surface area contributed by atoms with E-state index in [4.69, 9.17) is 12.2 Å². The summed E-state index contributed by atoms with van der Waals surface area (Å²) in [5, 5.41) is 3.22. The molecule has 0 aromatic carbocycles. The first-order valence-electron chi connectivity index (χ1n) is 8.34. The van der Waals surface area contributed by atoms with Crippen LogP contribution in [0.1, 0.15) is 52.4 Å². The molecule has 5 nitrogen and oxygen atoms in total. The Labute approximate surface area is 138 Å². The van der Waals surface area contributed by atoms with Crippen LogP contribution in [0, 0.1) is 0 Å². The highest BCUT2D eigenvalue weighted by Crippen LogP contribution is 2.26. The molecule has 2 aliphatic heterocycles. The van der Waals surface area contributed by atoms with Gasteiger partial charge in [-0.05, 0) is 45.4 Å². The zero-order valence-electron chi connectivity index (χ0n) is 13.7. The normalized spacial score (nSPS) is 26.0. The Morgan fingerprint density at radius 1 is 1.23 bits per heavy atom. The zero-order valence-corrected chi connectivity index (χ0v) is 14.5.